The molecule has 0 bridgehead atoms. The van der Waals surface area contributed by atoms with Gasteiger partial charge in [-0.15, -0.1) is 0 Å². The molecule has 0 aromatic heterocycles. The quantitative estimate of drug-likeness (QED) is 0.767. The van der Waals surface area contributed by atoms with Gasteiger partial charge in [-0.2, -0.15) is 0 Å². The van der Waals surface area contributed by atoms with Crippen molar-refractivity contribution < 1.29 is 4.79 Å². The maximum Gasteiger partial charge on any atom is 0.255 e. The zero-order valence-electron chi connectivity index (χ0n) is 9.75. The first-order valence-electron chi connectivity index (χ1n) is 5.83. The molecule has 92 valence electrons. The number of hydrogen-bond acceptors (Lipinski definition) is 1. The Morgan fingerprint density at radius 2 is 2.29 bits per heavy atom. The van der Waals surface area contributed by atoms with E-state index < -0.39 is 0 Å². The first-order valence-corrected chi connectivity index (χ1v) is 7.00. The Morgan fingerprint density at radius 3 is 3.00 bits per heavy atom. The average molecular weight is 317 g/mol. The van der Waals surface area contributed by atoms with Crippen molar-refractivity contribution in [2.75, 3.05) is 13.1 Å². The molecule has 1 saturated heterocycles. The zero-order chi connectivity index (χ0) is 12.4. The van der Waals surface area contributed by atoms with Gasteiger partial charge < -0.3 is 4.90 Å². The molecule has 0 radical (unpaired) electrons. The van der Waals surface area contributed by atoms with Crippen molar-refractivity contribution >= 4 is 33.4 Å². The molecule has 1 amide bonds. The lowest BCUT2D eigenvalue weighted by atomic mass is 9.99. The van der Waals surface area contributed by atoms with Crippen molar-refractivity contribution in [3.8, 4) is 0 Å². The molecule has 1 aromatic carbocycles. The lowest BCUT2D eigenvalue weighted by Crippen LogP contribution is -2.39. The van der Waals surface area contributed by atoms with E-state index >= 15 is 0 Å². The van der Waals surface area contributed by atoms with Gasteiger partial charge in [0.15, 0.2) is 0 Å². The van der Waals surface area contributed by atoms with Crippen LogP contribution in [-0.4, -0.2) is 23.9 Å². The van der Waals surface area contributed by atoms with Crippen LogP contribution >= 0.6 is 27.5 Å². The molecule has 17 heavy (non-hydrogen) atoms. The fourth-order valence-corrected chi connectivity index (χ4v) is 2.82. The van der Waals surface area contributed by atoms with E-state index in [9.17, 15) is 4.79 Å². The van der Waals surface area contributed by atoms with Crippen molar-refractivity contribution in [1.29, 1.82) is 0 Å². The average Bonchev–Trinajstić information content (AvgIpc) is 2.32. The van der Waals surface area contributed by atoms with Gasteiger partial charge in [-0.25, -0.2) is 0 Å². The van der Waals surface area contributed by atoms with Crippen molar-refractivity contribution in [3.63, 3.8) is 0 Å². The minimum atomic E-state index is 0.0749. The third-order valence-corrected chi connectivity index (χ3v) is 4.52. The molecule has 0 spiro atoms. The molecular formula is C13H15BrClNO. The van der Waals surface area contributed by atoms with Gasteiger partial charge in [-0.05, 0) is 46.8 Å². The molecule has 0 N–H and O–H groups in total. The first-order chi connectivity index (χ1) is 8.09. The number of carbonyl (C=O) groups excluding carboxylic acids is 1. The van der Waals surface area contributed by atoms with Gasteiger partial charge >= 0.3 is 0 Å². The minimum absolute atomic E-state index is 0.0749. The van der Waals surface area contributed by atoms with E-state index in [0.29, 0.717) is 21.0 Å². The SMILES string of the molecule is CC1CCCN(C(=O)c2cccc(Cl)c2Br)C1. The predicted molar refractivity (Wildman–Crippen MR) is 73.5 cm³/mol. The maximum absolute atomic E-state index is 12.4. The topological polar surface area (TPSA) is 20.3 Å². The Kier molecular flexibility index (Phi) is 4.10. The highest BCUT2D eigenvalue weighted by atomic mass is 79.9. The molecule has 1 atom stereocenters. The number of hydrogen-bond donors (Lipinski definition) is 0. The van der Waals surface area contributed by atoms with Crippen molar-refractivity contribution in [1.82, 2.24) is 4.90 Å². The van der Waals surface area contributed by atoms with E-state index in [2.05, 4.69) is 22.9 Å². The van der Waals surface area contributed by atoms with Gasteiger partial charge in [0.2, 0.25) is 0 Å². The Morgan fingerprint density at radius 1 is 1.53 bits per heavy atom. The van der Waals surface area contributed by atoms with Gasteiger partial charge in [0.1, 0.15) is 0 Å². The molecular weight excluding hydrogens is 302 g/mol. The number of benzene rings is 1. The van der Waals surface area contributed by atoms with Crippen molar-refractivity contribution in [2.45, 2.75) is 19.8 Å². The van der Waals surface area contributed by atoms with Crippen LogP contribution in [0.3, 0.4) is 0 Å². The second-order valence-electron chi connectivity index (χ2n) is 4.60. The highest BCUT2D eigenvalue weighted by molar-refractivity contribution is 9.10. The summed E-state index contributed by atoms with van der Waals surface area (Å²) in [5.74, 6) is 0.664. The fraction of sp³-hybridized carbons (Fsp3) is 0.462. The smallest absolute Gasteiger partial charge is 0.255 e. The molecule has 2 rings (SSSR count). The van der Waals surface area contributed by atoms with E-state index in [-0.39, 0.29) is 5.91 Å². The second kappa shape index (κ2) is 5.40. The summed E-state index contributed by atoms with van der Waals surface area (Å²) in [5, 5.41) is 0.584. The molecule has 1 aliphatic rings. The highest BCUT2D eigenvalue weighted by Crippen LogP contribution is 2.28. The third kappa shape index (κ3) is 2.83. The summed E-state index contributed by atoms with van der Waals surface area (Å²) >= 11 is 9.39. The predicted octanol–water partition coefficient (Wildman–Crippen LogP) is 3.97. The lowest BCUT2D eigenvalue weighted by molar-refractivity contribution is 0.0682. The molecule has 1 unspecified atom stereocenters. The van der Waals surface area contributed by atoms with E-state index in [1.165, 1.54) is 6.42 Å². The Labute approximate surface area is 115 Å². The van der Waals surface area contributed by atoms with Gasteiger partial charge in [0, 0.05) is 17.6 Å². The van der Waals surface area contributed by atoms with Crippen LogP contribution in [0.4, 0.5) is 0 Å². The molecule has 0 aliphatic carbocycles. The summed E-state index contributed by atoms with van der Waals surface area (Å²) in [7, 11) is 0. The van der Waals surface area contributed by atoms with Crippen LogP contribution in [0.5, 0.6) is 0 Å². The summed E-state index contributed by atoms with van der Waals surface area (Å²) in [6.07, 6.45) is 2.30. The number of carbonyl (C=O) groups is 1. The van der Waals surface area contributed by atoms with E-state index in [1.54, 1.807) is 6.07 Å². The molecule has 1 aliphatic heterocycles. The van der Waals surface area contributed by atoms with Gasteiger partial charge in [-0.1, -0.05) is 24.6 Å². The Hall–Kier alpha value is -0.540. The summed E-state index contributed by atoms with van der Waals surface area (Å²) < 4.78 is 0.699. The van der Waals surface area contributed by atoms with Crippen LogP contribution in [0, 0.1) is 5.92 Å². The number of amides is 1. The monoisotopic (exact) mass is 315 g/mol. The van der Waals surface area contributed by atoms with E-state index in [4.69, 9.17) is 11.6 Å². The minimum Gasteiger partial charge on any atom is -0.338 e. The largest absolute Gasteiger partial charge is 0.338 e. The standard InChI is InChI=1S/C13H15BrClNO/c1-9-4-3-7-16(8-9)13(17)10-5-2-6-11(15)12(10)14/h2,5-6,9H,3-4,7-8H2,1H3. The maximum atomic E-state index is 12.4. The molecule has 2 nitrogen and oxygen atoms in total. The van der Waals surface area contributed by atoms with Gasteiger partial charge in [0.25, 0.3) is 5.91 Å². The van der Waals surface area contributed by atoms with Crippen molar-refractivity contribution in [2.24, 2.45) is 5.92 Å². The third-order valence-electron chi connectivity index (χ3n) is 3.13. The number of halogens is 2. The van der Waals surface area contributed by atoms with Crippen LogP contribution < -0.4 is 0 Å². The molecule has 0 saturated carbocycles. The number of nitrogens with zero attached hydrogens (tertiary/aromatic N) is 1. The molecule has 1 fully saturated rings. The van der Waals surface area contributed by atoms with Crippen LogP contribution in [0.2, 0.25) is 5.02 Å². The Balaban J connectivity index is 2.22. The van der Waals surface area contributed by atoms with Crippen LogP contribution in [0.1, 0.15) is 30.1 Å². The Bertz CT molecular complexity index is 435. The van der Waals surface area contributed by atoms with Crippen LogP contribution in [0.25, 0.3) is 0 Å². The number of piperidine rings is 1. The summed E-state index contributed by atoms with van der Waals surface area (Å²) in [6, 6.07) is 5.41. The number of likely N-dealkylation sites (tertiary alicyclic amines) is 1. The zero-order valence-corrected chi connectivity index (χ0v) is 12.1. The summed E-state index contributed by atoms with van der Waals surface area (Å²) in [5.41, 5.74) is 0.659. The molecule has 1 heterocycles. The van der Waals surface area contributed by atoms with E-state index in [0.717, 1.165) is 19.5 Å². The van der Waals surface area contributed by atoms with Gasteiger partial charge in [0.05, 0.1) is 10.6 Å². The second-order valence-corrected chi connectivity index (χ2v) is 5.80. The van der Waals surface area contributed by atoms with E-state index in [1.807, 2.05) is 17.0 Å². The lowest BCUT2D eigenvalue weighted by Gasteiger charge is -2.31. The normalized spacial score (nSPS) is 20.4. The van der Waals surface area contributed by atoms with Crippen molar-refractivity contribution in [3.05, 3.63) is 33.3 Å². The van der Waals surface area contributed by atoms with Gasteiger partial charge in [-0.3, -0.25) is 4.79 Å². The number of rotatable bonds is 1. The summed E-state index contributed by atoms with van der Waals surface area (Å²) in [6.45, 7) is 3.88. The molecule has 4 heteroatoms. The highest BCUT2D eigenvalue weighted by Gasteiger charge is 2.23. The summed E-state index contributed by atoms with van der Waals surface area (Å²) in [4.78, 5) is 14.3. The first kappa shape index (κ1) is 12.9. The van der Waals surface area contributed by atoms with Crippen LogP contribution in [0.15, 0.2) is 22.7 Å². The van der Waals surface area contributed by atoms with Crippen LogP contribution in [-0.2, 0) is 0 Å². The fourth-order valence-electron chi connectivity index (χ4n) is 2.21. The molecule has 1 aromatic rings.